The second-order valence-corrected chi connectivity index (χ2v) is 8.17. The van der Waals surface area contributed by atoms with Crippen molar-refractivity contribution < 1.29 is 28.6 Å². The summed E-state index contributed by atoms with van der Waals surface area (Å²) in [5, 5.41) is 14.6. The number of hydrogen-bond donors (Lipinski definition) is 2. The van der Waals surface area contributed by atoms with Crippen LogP contribution in [0.3, 0.4) is 0 Å². The second kappa shape index (κ2) is 8.74. The third-order valence-corrected chi connectivity index (χ3v) is 6.25. The van der Waals surface area contributed by atoms with E-state index >= 15 is 0 Å². The number of carboxylic acid groups (broad SMARTS) is 1. The van der Waals surface area contributed by atoms with Gasteiger partial charge in [0.15, 0.2) is 16.9 Å². The highest BCUT2D eigenvalue weighted by Gasteiger charge is 2.41. The van der Waals surface area contributed by atoms with Gasteiger partial charge in [-0.25, -0.2) is 19.0 Å². The molecule has 4 rings (SSSR count). The average molecular weight is 466 g/mol. The van der Waals surface area contributed by atoms with Crippen molar-refractivity contribution in [1.82, 2.24) is 10.3 Å². The minimum absolute atomic E-state index is 0.0779. The lowest BCUT2D eigenvalue weighted by atomic mass is 9.89. The molecule has 0 radical (unpaired) electrons. The maximum atomic E-state index is 14.2. The highest BCUT2D eigenvalue weighted by Crippen LogP contribution is 2.40. The maximum Gasteiger partial charge on any atom is 0.338 e. The Balaban J connectivity index is 1.87. The number of ether oxygens (including phenoxy) is 2. The van der Waals surface area contributed by atoms with Crippen LogP contribution >= 0.6 is 22.9 Å². The fraction of sp³-hybridized carbons (Fsp3) is 0.300. The molecule has 1 fully saturated rings. The quantitative estimate of drug-likeness (QED) is 0.653. The minimum atomic E-state index is -1.09. The summed E-state index contributed by atoms with van der Waals surface area (Å²) in [7, 11) is 1.22. The molecule has 2 aliphatic heterocycles. The predicted octanol–water partition coefficient (Wildman–Crippen LogP) is 2.94. The summed E-state index contributed by atoms with van der Waals surface area (Å²) in [5.74, 6) is -2.51. The van der Waals surface area contributed by atoms with Crippen LogP contribution in [0.15, 0.2) is 46.0 Å². The van der Waals surface area contributed by atoms with E-state index in [4.69, 9.17) is 21.1 Å². The number of carboxylic acids is 1. The van der Waals surface area contributed by atoms with Crippen molar-refractivity contribution in [3.63, 3.8) is 0 Å². The van der Waals surface area contributed by atoms with E-state index in [-0.39, 0.29) is 29.2 Å². The molecule has 3 atom stereocenters. The Labute approximate surface area is 185 Å². The number of amidine groups is 1. The Morgan fingerprint density at radius 1 is 1.42 bits per heavy atom. The van der Waals surface area contributed by atoms with Gasteiger partial charge in [0.1, 0.15) is 11.9 Å². The van der Waals surface area contributed by atoms with Gasteiger partial charge >= 0.3 is 11.9 Å². The Kier molecular flexibility index (Phi) is 6.03. The molecule has 0 amide bonds. The average Bonchev–Trinajstić information content (AvgIpc) is 3.47. The summed E-state index contributed by atoms with van der Waals surface area (Å²) in [4.78, 5) is 33.1. The number of carbonyl (C=O) groups is 2. The number of thiazole rings is 1. The summed E-state index contributed by atoms with van der Waals surface area (Å²) >= 11 is 7.55. The summed E-state index contributed by atoms with van der Waals surface area (Å²) in [6.07, 6.45) is 0.746. The van der Waals surface area contributed by atoms with E-state index in [9.17, 15) is 19.1 Å². The molecule has 31 heavy (non-hydrogen) atoms. The number of rotatable bonds is 5. The molecular formula is C20H17ClFN3O5S. The summed E-state index contributed by atoms with van der Waals surface area (Å²) < 4.78 is 24.6. The number of hydrogen-bond acceptors (Lipinski definition) is 8. The molecule has 0 aliphatic carbocycles. The zero-order chi connectivity index (χ0) is 22.1. The lowest BCUT2D eigenvalue weighted by molar-refractivity contribution is -0.147. The topological polar surface area (TPSA) is 110 Å². The van der Waals surface area contributed by atoms with E-state index in [0.717, 1.165) is 0 Å². The zero-order valence-corrected chi connectivity index (χ0v) is 17.7. The van der Waals surface area contributed by atoms with E-state index in [1.165, 1.54) is 30.6 Å². The summed E-state index contributed by atoms with van der Waals surface area (Å²) in [6, 6.07) is 3.29. The molecule has 2 aliphatic rings. The van der Waals surface area contributed by atoms with Crippen LogP contribution in [0.25, 0.3) is 0 Å². The first-order chi connectivity index (χ1) is 14.9. The van der Waals surface area contributed by atoms with E-state index in [1.54, 1.807) is 17.6 Å². The largest absolute Gasteiger partial charge is 0.479 e. The predicted molar refractivity (Wildman–Crippen MR) is 110 cm³/mol. The summed E-state index contributed by atoms with van der Waals surface area (Å²) in [5.41, 5.74) is 0.805. The molecule has 2 N–H and O–H groups in total. The molecule has 1 saturated heterocycles. The minimum Gasteiger partial charge on any atom is -0.479 e. The van der Waals surface area contributed by atoms with Crippen molar-refractivity contribution in [3.05, 3.63) is 62.5 Å². The highest BCUT2D eigenvalue weighted by molar-refractivity contribution is 7.11. The molecule has 8 nitrogen and oxygen atoms in total. The lowest BCUT2D eigenvalue weighted by Gasteiger charge is -2.29. The monoisotopic (exact) mass is 465 g/mol. The number of methoxy groups -OCH3 is 1. The van der Waals surface area contributed by atoms with Crippen LogP contribution in [-0.2, 0) is 19.1 Å². The van der Waals surface area contributed by atoms with E-state index < -0.39 is 35.8 Å². The van der Waals surface area contributed by atoms with Crippen LogP contribution in [0.1, 0.15) is 23.0 Å². The number of benzene rings is 1. The molecule has 1 aromatic carbocycles. The van der Waals surface area contributed by atoms with Crippen LogP contribution in [0.2, 0.25) is 5.02 Å². The molecular weight excluding hydrogens is 449 g/mol. The third kappa shape index (κ3) is 4.06. The van der Waals surface area contributed by atoms with Crippen molar-refractivity contribution in [2.24, 2.45) is 10.9 Å². The molecule has 1 unspecified atom stereocenters. The van der Waals surface area contributed by atoms with E-state index in [1.807, 2.05) is 0 Å². The van der Waals surface area contributed by atoms with Gasteiger partial charge < -0.3 is 19.9 Å². The van der Waals surface area contributed by atoms with E-state index in [2.05, 4.69) is 15.3 Å². The number of nitrogens with one attached hydrogen (secondary N) is 1. The van der Waals surface area contributed by atoms with Gasteiger partial charge in [0.2, 0.25) is 0 Å². The van der Waals surface area contributed by atoms with Gasteiger partial charge in [-0.15, -0.1) is 11.3 Å². The SMILES string of the molecule is COC(=O)C1=C([C@@H]2CO[C@@H](C(=O)O)C2)NC(c2nccs2)=NC1c1cccc(F)c1Cl. The Bertz CT molecular complexity index is 1090. The highest BCUT2D eigenvalue weighted by atomic mass is 35.5. The molecule has 11 heteroatoms. The second-order valence-electron chi connectivity index (χ2n) is 6.90. The standard InChI is InChI=1S/C20H17ClFN3O5S/c1-29-20(28)13-15(9-7-12(19(26)27)30-8-9)24-17(18-23-5-6-31-18)25-16(13)10-3-2-4-11(22)14(10)21/h2-6,9,12,16H,7-8H2,1H3,(H,24,25)(H,26,27)/t9-,12+,16?/m0/s1. The summed E-state index contributed by atoms with van der Waals surface area (Å²) in [6.45, 7) is 0.0779. The number of halogens is 2. The molecule has 0 spiro atoms. The van der Waals surface area contributed by atoms with Crippen molar-refractivity contribution in [2.45, 2.75) is 18.6 Å². The molecule has 1 aromatic heterocycles. The molecule has 162 valence electrons. The van der Waals surface area contributed by atoms with E-state index in [0.29, 0.717) is 16.5 Å². The van der Waals surface area contributed by atoms with Crippen LogP contribution in [0, 0.1) is 11.7 Å². The Morgan fingerprint density at radius 2 is 2.23 bits per heavy atom. The van der Waals surface area contributed by atoms with Crippen molar-refractivity contribution >= 4 is 40.7 Å². The Hall–Kier alpha value is -2.82. The van der Waals surface area contributed by atoms with Gasteiger partial charge in [0.25, 0.3) is 0 Å². The molecule has 0 bridgehead atoms. The fourth-order valence-corrected chi connectivity index (χ4v) is 4.44. The van der Waals surface area contributed by atoms with Crippen LogP contribution < -0.4 is 5.32 Å². The normalized spacial score (nSPS) is 23.3. The van der Waals surface area contributed by atoms with Crippen LogP contribution in [0.4, 0.5) is 4.39 Å². The number of esters is 1. The van der Waals surface area contributed by atoms with Gasteiger partial charge in [0.05, 0.1) is 24.3 Å². The lowest BCUT2D eigenvalue weighted by Crippen LogP contribution is -2.37. The molecule has 0 saturated carbocycles. The zero-order valence-electron chi connectivity index (χ0n) is 16.2. The van der Waals surface area contributed by atoms with Crippen LogP contribution in [0.5, 0.6) is 0 Å². The number of nitrogens with zero attached hydrogens (tertiary/aromatic N) is 2. The first kappa shape index (κ1) is 21.4. The number of aliphatic imine (C=N–C) groups is 1. The maximum absolute atomic E-state index is 14.2. The van der Waals surface area contributed by atoms with Gasteiger partial charge in [-0.1, -0.05) is 23.7 Å². The van der Waals surface area contributed by atoms with Crippen LogP contribution in [-0.4, -0.2) is 47.7 Å². The molecule has 3 heterocycles. The van der Waals surface area contributed by atoms with Crippen molar-refractivity contribution in [1.29, 1.82) is 0 Å². The number of carbonyl (C=O) groups excluding carboxylic acids is 1. The van der Waals surface area contributed by atoms with Gasteiger partial charge in [-0.05, 0) is 12.5 Å². The fourth-order valence-electron chi connectivity index (χ4n) is 3.63. The van der Waals surface area contributed by atoms with Gasteiger partial charge in [-0.2, -0.15) is 0 Å². The van der Waals surface area contributed by atoms with Gasteiger partial charge in [0, 0.05) is 28.8 Å². The van der Waals surface area contributed by atoms with Crippen molar-refractivity contribution in [3.8, 4) is 0 Å². The third-order valence-electron chi connectivity index (χ3n) is 5.07. The number of aromatic nitrogens is 1. The first-order valence-electron chi connectivity index (χ1n) is 9.26. The molecule has 2 aromatic rings. The van der Waals surface area contributed by atoms with Gasteiger partial charge in [-0.3, -0.25) is 4.99 Å². The Morgan fingerprint density at radius 3 is 2.87 bits per heavy atom. The van der Waals surface area contributed by atoms with Crippen molar-refractivity contribution in [2.75, 3.05) is 13.7 Å². The number of aliphatic carboxylic acids is 1. The smallest absolute Gasteiger partial charge is 0.338 e. The first-order valence-corrected chi connectivity index (χ1v) is 10.5.